The summed E-state index contributed by atoms with van der Waals surface area (Å²) in [5, 5.41) is 7.83. The Kier molecular flexibility index (Phi) is 6.44. The number of ether oxygens (including phenoxy) is 2. The summed E-state index contributed by atoms with van der Waals surface area (Å²) in [5.74, 6) is -4.28. The third-order valence-electron chi connectivity index (χ3n) is 4.23. The molecule has 0 unspecified atom stereocenters. The van der Waals surface area contributed by atoms with Gasteiger partial charge in [0.15, 0.2) is 0 Å². The summed E-state index contributed by atoms with van der Waals surface area (Å²) in [6, 6.07) is 5.87. The summed E-state index contributed by atoms with van der Waals surface area (Å²) in [5.41, 5.74) is 0.570. The number of rotatable bonds is 7. The Hall–Kier alpha value is -3.03. The van der Waals surface area contributed by atoms with E-state index in [2.05, 4.69) is 0 Å². The molecule has 144 valence electrons. The maximum absolute atomic E-state index is 12.8. The molecule has 0 bridgehead atoms. The minimum atomic E-state index is -1.09. The smallest absolute Gasteiger partial charge is 0.338 e. The predicted octanol–water partition coefficient (Wildman–Crippen LogP) is 1.96. The van der Waals surface area contributed by atoms with Crippen molar-refractivity contribution in [1.29, 1.82) is 5.41 Å². The molecule has 1 aliphatic rings. The van der Waals surface area contributed by atoms with Gasteiger partial charge in [-0.15, -0.1) is 0 Å². The number of esters is 2. The number of carbonyl (C=O) groups is 4. The maximum atomic E-state index is 12.8. The molecule has 0 spiro atoms. The molecule has 27 heavy (non-hydrogen) atoms. The van der Waals surface area contributed by atoms with Crippen LogP contribution in [0.15, 0.2) is 24.3 Å². The van der Waals surface area contributed by atoms with Gasteiger partial charge in [0.25, 0.3) is 0 Å². The zero-order chi connectivity index (χ0) is 20.1. The molecule has 1 fully saturated rings. The summed E-state index contributed by atoms with van der Waals surface area (Å²) < 4.78 is 9.85. The first-order valence-corrected chi connectivity index (χ1v) is 8.67. The Morgan fingerprint density at radius 2 is 1.74 bits per heavy atom. The second-order valence-corrected chi connectivity index (χ2v) is 6.06. The Morgan fingerprint density at radius 1 is 1.15 bits per heavy atom. The molecule has 1 aliphatic heterocycles. The van der Waals surface area contributed by atoms with E-state index >= 15 is 0 Å². The molecule has 0 aliphatic carbocycles. The van der Waals surface area contributed by atoms with Crippen LogP contribution in [0.5, 0.6) is 0 Å². The number of benzene rings is 1. The van der Waals surface area contributed by atoms with Crippen molar-refractivity contribution in [3.05, 3.63) is 29.8 Å². The van der Waals surface area contributed by atoms with Crippen LogP contribution >= 0.6 is 0 Å². The average molecular weight is 374 g/mol. The number of hydrogen-bond acceptors (Lipinski definition) is 7. The third kappa shape index (κ3) is 4.21. The number of nitrogens with zero attached hydrogens (tertiary/aromatic N) is 1. The molecular formula is C19H22N2O6. The van der Waals surface area contributed by atoms with Crippen LogP contribution in [0.25, 0.3) is 0 Å². The van der Waals surface area contributed by atoms with Crippen LogP contribution in [0.4, 0.5) is 5.69 Å². The molecule has 1 saturated heterocycles. The first kappa shape index (κ1) is 20.3. The number of amides is 2. The number of hydrogen-bond donors (Lipinski definition) is 1. The van der Waals surface area contributed by atoms with E-state index < -0.39 is 35.6 Å². The van der Waals surface area contributed by atoms with Gasteiger partial charge in [-0.25, -0.2) is 4.79 Å². The van der Waals surface area contributed by atoms with Gasteiger partial charge < -0.3 is 14.9 Å². The first-order valence-electron chi connectivity index (χ1n) is 8.67. The monoisotopic (exact) mass is 374 g/mol. The molecule has 1 aromatic rings. The Morgan fingerprint density at radius 3 is 2.26 bits per heavy atom. The number of imide groups is 1. The van der Waals surface area contributed by atoms with E-state index in [0.717, 1.165) is 4.90 Å². The second-order valence-electron chi connectivity index (χ2n) is 6.06. The van der Waals surface area contributed by atoms with Gasteiger partial charge in [0.1, 0.15) is 5.92 Å². The van der Waals surface area contributed by atoms with Gasteiger partial charge in [-0.2, -0.15) is 0 Å². The molecule has 8 heteroatoms. The largest absolute Gasteiger partial charge is 0.465 e. The maximum Gasteiger partial charge on any atom is 0.338 e. The van der Waals surface area contributed by atoms with Gasteiger partial charge in [-0.3, -0.25) is 19.3 Å². The van der Waals surface area contributed by atoms with E-state index in [-0.39, 0.29) is 25.3 Å². The molecule has 0 radical (unpaired) electrons. The van der Waals surface area contributed by atoms with Crippen molar-refractivity contribution in [3.8, 4) is 0 Å². The highest BCUT2D eigenvalue weighted by molar-refractivity contribution is 6.23. The van der Waals surface area contributed by atoms with Crippen molar-refractivity contribution in [1.82, 2.24) is 0 Å². The summed E-state index contributed by atoms with van der Waals surface area (Å²) >= 11 is 0. The highest BCUT2D eigenvalue weighted by atomic mass is 16.5. The SMILES string of the molecule is CCOC(=O)c1ccc(N2C(=O)C[C@@H]([C@H](C(C)=N)C(=O)OCC)C2=O)cc1. The van der Waals surface area contributed by atoms with Gasteiger partial charge in [-0.05, 0) is 45.0 Å². The molecule has 2 atom stereocenters. The number of anilines is 1. The molecule has 8 nitrogen and oxygen atoms in total. The van der Waals surface area contributed by atoms with Gasteiger partial charge in [0, 0.05) is 12.1 Å². The number of nitrogens with one attached hydrogen (secondary N) is 1. The topological polar surface area (TPSA) is 114 Å². The summed E-state index contributed by atoms with van der Waals surface area (Å²) in [6.07, 6.45) is -0.182. The fourth-order valence-corrected chi connectivity index (χ4v) is 3.02. The quantitative estimate of drug-likeness (QED) is 0.443. The van der Waals surface area contributed by atoms with Gasteiger partial charge in [0.05, 0.1) is 30.4 Å². The standard InChI is InChI=1S/C19H22N2O6/c1-4-26-18(24)12-6-8-13(9-7-12)21-15(22)10-14(17(21)23)16(11(3)20)19(25)27-5-2/h6-9,14,16,20H,4-5,10H2,1-3H3/t14-,16-/m0/s1. The lowest BCUT2D eigenvalue weighted by atomic mass is 9.87. The molecule has 1 N–H and O–H groups in total. The van der Waals surface area contributed by atoms with Crippen LogP contribution in [0.1, 0.15) is 37.6 Å². The molecular weight excluding hydrogens is 352 g/mol. The normalized spacial score (nSPS) is 17.6. The zero-order valence-electron chi connectivity index (χ0n) is 15.5. The van der Waals surface area contributed by atoms with Crippen LogP contribution in [0.2, 0.25) is 0 Å². The molecule has 2 amide bonds. The number of carbonyl (C=O) groups excluding carboxylic acids is 4. The molecule has 0 saturated carbocycles. The molecule has 1 heterocycles. The molecule has 0 aromatic heterocycles. The van der Waals surface area contributed by atoms with Crippen LogP contribution in [0, 0.1) is 17.2 Å². The predicted molar refractivity (Wildman–Crippen MR) is 96.5 cm³/mol. The van der Waals surface area contributed by atoms with Crippen LogP contribution in [-0.4, -0.2) is 42.7 Å². The van der Waals surface area contributed by atoms with E-state index in [4.69, 9.17) is 14.9 Å². The van der Waals surface area contributed by atoms with E-state index in [1.165, 1.54) is 31.2 Å². The summed E-state index contributed by atoms with van der Waals surface area (Å²) in [7, 11) is 0. The van der Waals surface area contributed by atoms with Crippen LogP contribution in [0.3, 0.4) is 0 Å². The summed E-state index contributed by atoms with van der Waals surface area (Å²) in [4.78, 5) is 50.1. The average Bonchev–Trinajstić information content (AvgIpc) is 2.89. The van der Waals surface area contributed by atoms with E-state index in [9.17, 15) is 19.2 Å². The minimum Gasteiger partial charge on any atom is -0.465 e. The Balaban J connectivity index is 2.26. The van der Waals surface area contributed by atoms with Gasteiger partial charge in [-0.1, -0.05) is 0 Å². The highest BCUT2D eigenvalue weighted by Crippen LogP contribution is 2.32. The van der Waals surface area contributed by atoms with Crippen molar-refractivity contribution in [2.45, 2.75) is 27.2 Å². The lowest BCUT2D eigenvalue weighted by molar-refractivity contribution is -0.148. The van der Waals surface area contributed by atoms with E-state index in [1.807, 2.05) is 0 Å². The van der Waals surface area contributed by atoms with Crippen molar-refractivity contribution in [2.75, 3.05) is 18.1 Å². The lowest BCUT2D eigenvalue weighted by Crippen LogP contribution is -2.37. The highest BCUT2D eigenvalue weighted by Gasteiger charge is 2.47. The van der Waals surface area contributed by atoms with Crippen molar-refractivity contribution < 1.29 is 28.7 Å². The van der Waals surface area contributed by atoms with Gasteiger partial charge >= 0.3 is 11.9 Å². The molecule has 1 aromatic carbocycles. The summed E-state index contributed by atoms with van der Waals surface area (Å²) in [6.45, 7) is 5.10. The molecule has 2 rings (SSSR count). The van der Waals surface area contributed by atoms with Crippen molar-refractivity contribution >= 4 is 35.2 Å². The fourth-order valence-electron chi connectivity index (χ4n) is 3.02. The van der Waals surface area contributed by atoms with Crippen molar-refractivity contribution in [3.63, 3.8) is 0 Å². The van der Waals surface area contributed by atoms with Crippen LogP contribution in [-0.2, 0) is 23.9 Å². The van der Waals surface area contributed by atoms with Crippen LogP contribution < -0.4 is 4.90 Å². The Labute approximate surface area is 156 Å². The van der Waals surface area contributed by atoms with E-state index in [1.54, 1.807) is 13.8 Å². The van der Waals surface area contributed by atoms with E-state index in [0.29, 0.717) is 11.3 Å². The van der Waals surface area contributed by atoms with Crippen molar-refractivity contribution in [2.24, 2.45) is 11.8 Å². The first-order chi connectivity index (χ1) is 12.8. The third-order valence-corrected chi connectivity index (χ3v) is 4.23. The Bertz CT molecular complexity index is 771. The lowest BCUT2D eigenvalue weighted by Gasteiger charge is -2.20. The van der Waals surface area contributed by atoms with Gasteiger partial charge in [0.2, 0.25) is 11.8 Å². The minimum absolute atomic E-state index is 0.0286. The zero-order valence-corrected chi connectivity index (χ0v) is 15.5. The fraction of sp³-hybridized carbons (Fsp3) is 0.421. The second kappa shape index (κ2) is 8.57.